The Morgan fingerprint density at radius 2 is 2.10 bits per heavy atom. The smallest absolute Gasteiger partial charge is 0.337 e. The van der Waals surface area contributed by atoms with Crippen molar-refractivity contribution in [2.75, 3.05) is 18.5 Å². The lowest BCUT2D eigenvalue weighted by Gasteiger charge is -2.23. The van der Waals surface area contributed by atoms with Crippen LogP contribution in [0.3, 0.4) is 0 Å². The molecular formula is C16H20N2O3. The van der Waals surface area contributed by atoms with Crippen LogP contribution in [0.5, 0.6) is 0 Å². The number of para-hydroxylation sites is 1. The standard InChI is InChI=1S/C16H20N2O3/c1-18(14-10-6-5-9-13(14)15(19)20)16(21)17-11-12-7-3-2-4-8-12/h2-3,5-6,9-10,12H,4,7-8,11H2,1H3,(H,17,21)(H,19,20). The molecule has 0 bridgehead atoms. The summed E-state index contributed by atoms with van der Waals surface area (Å²) < 4.78 is 0. The van der Waals surface area contributed by atoms with E-state index in [4.69, 9.17) is 5.11 Å². The van der Waals surface area contributed by atoms with E-state index in [1.54, 1.807) is 25.2 Å². The van der Waals surface area contributed by atoms with E-state index in [-0.39, 0.29) is 11.6 Å². The highest BCUT2D eigenvalue weighted by molar-refractivity contribution is 6.01. The van der Waals surface area contributed by atoms with Gasteiger partial charge in [0.1, 0.15) is 0 Å². The van der Waals surface area contributed by atoms with E-state index >= 15 is 0 Å². The maximum atomic E-state index is 12.2. The topological polar surface area (TPSA) is 69.6 Å². The van der Waals surface area contributed by atoms with Gasteiger partial charge in [-0.2, -0.15) is 0 Å². The van der Waals surface area contributed by atoms with Crippen molar-refractivity contribution in [3.05, 3.63) is 42.0 Å². The van der Waals surface area contributed by atoms with Gasteiger partial charge in [0.15, 0.2) is 0 Å². The lowest BCUT2D eigenvalue weighted by molar-refractivity contribution is 0.0697. The molecule has 0 radical (unpaired) electrons. The van der Waals surface area contributed by atoms with Crippen LogP contribution in [-0.4, -0.2) is 30.7 Å². The van der Waals surface area contributed by atoms with E-state index in [0.29, 0.717) is 18.2 Å². The van der Waals surface area contributed by atoms with Crippen molar-refractivity contribution < 1.29 is 14.7 Å². The molecule has 2 rings (SSSR count). The van der Waals surface area contributed by atoms with E-state index in [2.05, 4.69) is 17.5 Å². The number of carboxylic acid groups (broad SMARTS) is 1. The number of anilines is 1. The summed E-state index contributed by atoms with van der Waals surface area (Å²) in [4.78, 5) is 24.7. The summed E-state index contributed by atoms with van der Waals surface area (Å²) in [6.45, 7) is 0.614. The third kappa shape index (κ3) is 3.84. The Morgan fingerprint density at radius 1 is 1.33 bits per heavy atom. The maximum Gasteiger partial charge on any atom is 0.337 e. The van der Waals surface area contributed by atoms with E-state index in [0.717, 1.165) is 19.3 Å². The van der Waals surface area contributed by atoms with E-state index in [1.165, 1.54) is 11.0 Å². The van der Waals surface area contributed by atoms with Crippen molar-refractivity contribution in [3.63, 3.8) is 0 Å². The molecule has 2 amide bonds. The van der Waals surface area contributed by atoms with E-state index < -0.39 is 5.97 Å². The molecule has 1 aliphatic carbocycles. The SMILES string of the molecule is CN(C(=O)NCC1CC=CCC1)c1ccccc1C(=O)O. The summed E-state index contributed by atoms with van der Waals surface area (Å²) in [7, 11) is 1.58. The van der Waals surface area contributed by atoms with E-state index in [1.807, 2.05) is 0 Å². The van der Waals surface area contributed by atoms with Crippen molar-refractivity contribution in [2.24, 2.45) is 5.92 Å². The Hall–Kier alpha value is -2.30. The highest BCUT2D eigenvalue weighted by Crippen LogP contribution is 2.20. The number of nitrogens with one attached hydrogen (secondary N) is 1. The van der Waals surface area contributed by atoms with Gasteiger partial charge in [0, 0.05) is 13.6 Å². The van der Waals surface area contributed by atoms with Crippen molar-refractivity contribution in [1.29, 1.82) is 0 Å². The molecule has 0 fully saturated rings. The van der Waals surface area contributed by atoms with Crippen LogP contribution in [0.1, 0.15) is 29.6 Å². The highest BCUT2D eigenvalue weighted by Gasteiger charge is 2.18. The predicted octanol–water partition coefficient (Wildman–Crippen LogP) is 2.89. The number of nitrogens with zero attached hydrogens (tertiary/aromatic N) is 1. The van der Waals surface area contributed by atoms with Crippen LogP contribution < -0.4 is 10.2 Å². The highest BCUT2D eigenvalue weighted by atomic mass is 16.4. The fourth-order valence-electron chi connectivity index (χ4n) is 2.45. The summed E-state index contributed by atoms with van der Waals surface area (Å²) in [6.07, 6.45) is 7.41. The lowest BCUT2D eigenvalue weighted by Crippen LogP contribution is -2.40. The van der Waals surface area contributed by atoms with Crippen molar-refractivity contribution in [1.82, 2.24) is 5.32 Å². The van der Waals surface area contributed by atoms with Gasteiger partial charge in [-0.3, -0.25) is 4.90 Å². The molecule has 1 atom stereocenters. The number of carbonyl (C=O) groups excluding carboxylic acids is 1. The molecule has 5 nitrogen and oxygen atoms in total. The monoisotopic (exact) mass is 288 g/mol. The average molecular weight is 288 g/mol. The zero-order valence-corrected chi connectivity index (χ0v) is 12.1. The Balaban J connectivity index is 1.99. The fourth-order valence-corrected chi connectivity index (χ4v) is 2.45. The molecule has 1 aromatic carbocycles. The number of aromatic carboxylic acids is 1. The lowest BCUT2D eigenvalue weighted by atomic mass is 9.94. The van der Waals surface area contributed by atoms with Crippen LogP contribution in [0.25, 0.3) is 0 Å². The molecule has 0 aromatic heterocycles. The molecule has 0 spiro atoms. The zero-order valence-electron chi connectivity index (χ0n) is 12.1. The van der Waals surface area contributed by atoms with Crippen molar-refractivity contribution in [3.8, 4) is 0 Å². The van der Waals surface area contributed by atoms with Crippen LogP contribution >= 0.6 is 0 Å². The molecule has 112 valence electrons. The minimum Gasteiger partial charge on any atom is -0.478 e. The first kappa shape index (κ1) is 15.1. The van der Waals surface area contributed by atoms with Crippen molar-refractivity contribution >= 4 is 17.7 Å². The number of hydrogen-bond acceptors (Lipinski definition) is 2. The van der Waals surface area contributed by atoms with Crippen LogP contribution in [-0.2, 0) is 0 Å². The van der Waals surface area contributed by atoms with Crippen LogP contribution in [0.4, 0.5) is 10.5 Å². The van der Waals surface area contributed by atoms with Gasteiger partial charge < -0.3 is 10.4 Å². The van der Waals surface area contributed by atoms with Crippen molar-refractivity contribution in [2.45, 2.75) is 19.3 Å². The van der Waals surface area contributed by atoms with Gasteiger partial charge in [0.2, 0.25) is 0 Å². The molecule has 1 aliphatic rings. The van der Waals surface area contributed by atoms with E-state index in [9.17, 15) is 9.59 Å². The Labute approximate surface area is 124 Å². The molecule has 0 saturated heterocycles. The largest absolute Gasteiger partial charge is 0.478 e. The molecule has 5 heteroatoms. The molecule has 21 heavy (non-hydrogen) atoms. The molecular weight excluding hydrogens is 268 g/mol. The first-order valence-electron chi connectivity index (χ1n) is 7.08. The maximum absolute atomic E-state index is 12.2. The molecule has 0 saturated carbocycles. The normalized spacial score (nSPS) is 17.3. The molecule has 0 aliphatic heterocycles. The van der Waals surface area contributed by atoms with Gasteiger partial charge in [-0.25, -0.2) is 9.59 Å². The number of carbonyl (C=O) groups is 2. The first-order chi connectivity index (χ1) is 10.1. The number of benzene rings is 1. The number of carboxylic acids is 1. The Morgan fingerprint density at radius 3 is 2.76 bits per heavy atom. The van der Waals surface area contributed by atoms with Gasteiger partial charge >= 0.3 is 12.0 Å². The zero-order chi connectivity index (χ0) is 15.2. The predicted molar refractivity (Wildman–Crippen MR) is 81.7 cm³/mol. The Kier molecular flexibility index (Phi) is 4.98. The Bertz CT molecular complexity index is 554. The van der Waals surface area contributed by atoms with Gasteiger partial charge in [-0.15, -0.1) is 0 Å². The fraction of sp³-hybridized carbons (Fsp3) is 0.375. The second-order valence-electron chi connectivity index (χ2n) is 5.22. The van der Waals surface area contributed by atoms with Crippen LogP contribution in [0, 0.1) is 5.92 Å². The molecule has 0 heterocycles. The number of allylic oxidation sites excluding steroid dienone is 2. The summed E-state index contributed by atoms with van der Waals surface area (Å²) in [5.41, 5.74) is 0.516. The molecule has 1 unspecified atom stereocenters. The first-order valence-corrected chi connectivity index (χ1v) is 7.08. The summed E-state index contributed by atoms with van der Waals surface area (Å²) in [5.74, 6) is -0.579. The van der Waals surface area contributed by atoms with Gasteiger partial charge in [-0.1, -0.05) is 24.3 Å². The third-order valence-electron chi connectivity index (χ3n) is 3.72. The summed E-state index contributed by atoms with van der Waals surface area (Å²) in [5, 5.41) is 12.0. The third-order valence-corrected chi connectivity index (χ3v) is 3.72. The number of urea groups is 1. The quantitative estimate of drug-likeness (QED) is 0.837. The molecule has 2 N–H and O–H groups in total. The van der Waals surface area contributed by atoms with Gasteiger partial charge in [-0.05, 0) is 37.3 Å². The number of hydrogen-bond donors (Lipinski definition) is 2. The summed E-state index contributed by atoms with van der Waals surface area (Å²) in [6, 6.07) is 6.21. The van der Waals surface area contributed by atoms with Gasteiger partial charge in [0.25, 0.3) is 0 Å². The second-order valence-corrected chi connectivity index (χ2v) is 5.22. The van der Waals surface area contributed by atoms with Gasteiger partial charge in [0.05, 0.1) is 11.3 Å². The second kappa shape index (κ2) is 6.92. The summed E-state index contributed by atoms with van der Waals surface area (Å²) >= 11 is 0. The number of amides is 2. The van der Waals surface area contributed by atoms with Crippen LogP contribution in [0.2, 0.25) is 0 Å². The van der Waals surface area contributed by atoms with Crippen LogP contribution in [0.15, 0.2) is 36.4 Å². The minimum absolute atomic E-state index is 0.121. The minimum atomic E-state index is -1.04. The molecule has 1 aromatic rings. The average Bonchev–Trinajstić information content (AvgIpc) is 2.52. The number of rotatable bonds is 4.